The molecule has 0 aliphatic carbocycles. The Morgan fingerprint density at radius 1 is 0.880 bits per heavy atom. The Bertz CT molecular complexity index is 969. The van der Waals surface area contributed by atoms with Crippen molar-refractivity contribution in [1.29, 1.82) is 0 Å². The smallest absolute Gasteiger partial charge is 0.269 e. The topological polar surface area (TPSA) is 53.5 Å². The van der Waals surface area contributed by atoms with Crippen LogP contribution in [0, 0.1) is 0 Å². The Balaban J connectivity index is 1.96. The lowest BCUT2D eigenvalue weighted by atomic mass is 10.1. The molecule has 0 saturated carbocycles. The molecule has 0 atom stereocenters. The molecule has 0 N–H and O–H groups in total. The number of hydrogen-bond donors (Lipinski definition) is 0. The summed E-state index contributed by atoms with van der Waals surface area (Å²) in [7, 11) is 1.84. The highest BCUT2D eigenvalue weighted by molar-refractivity contribution is 6.29. The predicted octanol–water partition coefficient (Wildman–Crippen LogP) is 3.65. The minimum atomic E-state index is -0.381. The fourth-order valence-electron chi connectivity index (χ4n) is 3.02. The third kappa shape index (κ3) is 2.37. The zero-order valence-corrected chi connectivity index (χ0v) is 13.6. The van der Waals surface area contributed by atoms with Crippen LogP contribution < -0.4 is 9.80 Å². The summed E-state index contributed by atoms with van der Waals surface area (Å²) in [6, 6.07) is 19.5. The van der Waals surface area contributed by atoms with E-state index in [9.17, 15) is 9.59 Å². The number of anilines is 3. The number of para-hydroxylation sites is 2. The second-order valence-corrected chi connectivity index (χ2v) is 5.73. The van der Waals surface area contributed by atoms with E-state index in [2.05, 4.69) is 4.98 Å². The molecule has 0 spiro atoms. The summed E-state index contributed by atoms with van der Waals surface area (Å²) in [6.45, 7) is 0. The van der Waals surface area contributed by atoms with E-state index in [1.165, 1.54) is 4.90 Å². The SMILES string of the molecule is CN1c2ccccc2N(C(=O)c2ccccc2)C(=O)c2cccnc21. The van der Waals surface area contributed by atoms with Gasteiger partial charge in [0.15, 0.2) is 0 Å². The molecule has 2 heterocycles. The van der Waals surface area contributed by atoms with Gasteiger partial charge in [-0.25, -0.2) is 9.88 Å². The van der Waals surface area contributed by atoms with Crippen LogP contribution in [0.2, 0.25) is 0 Å². The van der Waals surface area contributed by atoms with Gasteiger partial charge in [-0.1, -0.05) is 30.3 Å². The summed E-state index contributed by atoms with van der Waals surface area (Å²) in [5.74, 6) is -0.208. The van der Waals surface area contributed by atoms with Gasteiger partial charge >= 0.3 is 0 Å². The molecule has 0 unspecified atom stereocenters. The largest absolute Gasteiger partial charge is 0.327 e. The maximum atomic E-state index is 13.2. The van der Waals surface area contributed by atoms with Gasteiger partial charge in [-0.2, -0.15) is 0 Å². The van der Waals surface area contributed by atoms with Gasteiger partial charge in [0.2, 0.25) is 0 Å². The highest BCUT2D eigenvalue weighted by atomic mass is 16.2. The molecule has 1 aromatic heterocycles. The lowest BCUT2D eigenvalue weighted by Gasteiger charge is -2.22. The van der Waals surface area contributed by atoms with Crippen molar-refractivity contribution in [3.05, 3.63) is 84.1 Å². The van der Waals surface area contributed by atoms with Crippen molar-refractivity contribution in [1.82, 2.24) is 4.98 Å². The molecule has 4 rings (SSSR count). The molecule has 1 aliphatic rings. The molecule has 2 aromatic carbocycles. The monoisotopic (exact) mass is 329 g/mol. The van der Waals surface area contributed by atoms with Crippen LogP contribution >= 0.6 is 0 Å². The average molecular weight is 329 g/mol. The van der Waals surface area contributed by atoms with Gasteiger partial charge in [-0.3, -0.25) is 9.59 Å². The van der Waals surface area contributed by atoms with Crippen LogP contribution in [0.5, 0.6) is 0 Å². The van der Waals surface area contributed by atoms with Crippen LogP contribution in [0.4, 0.5) is 17.2 Å². The maximum absolute atomic E-state index is 13.2. The zero-order chi connectivity index (χ0) is 17.4. The Hall–Kier alpha value is -3.47. The van der Waals surface area contributed by atoms with Crippen LogP contribution in [0.25, 0.3) is 0 Å². The van der Waals surface area contributed by atoms with E-state index in [0.717, 1.165) is 5.69 Å². The Morgan fingerprint density at radius 2 is 1.56 bits per heavy atom. The molecule has 3 aromatic rings. The number of hydrogen-bond acceptors (Lipinski definition) is 4. The Labute approximate surface area is 145 Å². The number of carbonyl (C=O) groups is 2. The van der Waals surface area contributed by atoms with Crippen molar-refractivity contribution in [3.8, 4) is 0 Å². The first-order valence-electron chi connectivity index (χ1n) is 7.90. The summed E-state index contributed by atoms with van der Waals surface area (Å²) >= 11 is 0. The molecule has 0 radical (unpaired) electrons. The number of imide groups is 1. The molecule has 0 bridgehead atoms. The lowest BCUT2D eigenvalue weighted by Crippen LogP contribution is -2.36. The van der Waals surface area contributed by atoms with Crippen LogP contribution in [0.15, 0.2) is 72.9 Å². The molecule has 122 valence electrons. The van der Waals surface area contributed by atoms with Crippen molar-refractivity contribution in [2.75, 3.05) is 16.8 Å². The van der Waals surface area contributed by atoms with Crippen molar-refractivity contribution < 1.29 is 9.59 Å². The summed E-state index contributed by atoms with van der Waals surface area (Å²) in [5.41, 5.74) is 2.14. The lowest BCUT2D eigenvalue weighted by molar-refractivity contribution is 0.0898. The first-order chi connectivity index (χ1) is 12.2. The molecule has 0 saturated heterocycles. The second kappa shape index (κ2) is 5.87. The molecular weight excluding hydrogens is 314 g/mol. The van der Waals surface area contributed by atoms with Crippen molar-refractivity contribution >= 4 is 29.0 Å². The minimum Gasteiger partial charge on any atom is -0.327 e. The number of rotatable bonds is 1. The van der Waals surface area contributed by atoms with E-state index in [-0.39, 0.29) is 11.8 Å². The van der Waals surface area contributed by atoms with Gasteiger partial charge < -0.3 is 4.90 Å². The molecule has 5 nitrogen and oxygen atoms in total. The summed E-state index contributed by atoms with van der Waals surface area (Å²) < 4.78 is 0. The van der Waals surface area contributed by atoms with Gasteiger partial charge in [-0.05, 0) is 36.4 Å². The predicted molar refractivity (Wildman–Crippen MR) is 96.3 cm³/mol. The van der Waals surface area contributed by atoms with Crippen LogP contribution in [-0.4, -0.2) is 23.8 Å². The first-order valence-corrected chi connectivity index (χ1v) is 7.90. The highest BCUT2D eigenvalue weighted by Gasteiger charge is 2.34. The van der Waals surface area contributed by atoms with Crippen LogP contribution in [0.1, 0.15) is 20.7 Å². The van der Waals surface area contributed by atoms with Crippen molar-refractivity contribution in [2.24, 2.45) is 0 Å². The molecule has 1 aliphatic heterocycles. The zero-order valence-electron chi connectivity index (χ0n) is 13.6. The first kappa shape index (κ1) is 15.1. The van der Waals surface area contributed by atoms with E-state index in [4.69, 9.17) is 0 Å². The number of carbonyl (C=O) groups excluding carboxylic acids is 2. The van der Waals surface area contributed by atoms with E-state index in [1.807, 2.05) is 36.2 Å². The van der Waals surface area contributed by atoms with Crippen molar-refractivity contribution in [3.63, 3.8) is 0 Å². The van der Waals surface area contributed by atoms with Gasteiger partial charge in [-0.15, -0.1) is 0 Å². The normalized spacial score (nSPS) is 13.1. The number of benzene rings is 2. The molecule has 25 heavy (non-hydrogen) atoms. The number of nitrogens with zero attached hydrogens (tertiary/aromatic N) is 3. The summed E-state index contributed by atoms with van der Waals surface area (Å²) in [4.78, 5) is 33.7. The fourth-order valence-corrected chi connectivity index (χ4v) is 3.02. The maximum Gasteiger partial charge on any atom is 0.269 e. The van der Waals surface area contributed by atoms with Gasteiger partial charge in [0, 0.05) is 18.8 Å². The van der Waals surface area contributed by atoms with E-state index < -0.39 is 0 Å². The quantitative estimate of drug-likeness (QED) is 0.640. The van der Waals surface area contributed by atoms with Gasteiger partial charge in [0.05, 0.1) is 16.9 Å². The second-order valence-electron chi connectivity index (χ2n) is 5.73. The summed E-state index contributed by atoms with van der Waals surface area (Å²) in [5, 5.41) is 0. The molecule has 5 heteroatoms. The van der Waals surface area contributed by atoms with Crippen LogP contribution in [0.3, 0.4) is 0 Å². The fraction of sp³-hybridized carbons (Fsp3) is 0.0500. The molecule has 0 fully saturated rings. The number of aromatic nitrogens is 1. The third-order valence-corrected chi connectivity index (χ3v) is 4.25. The van der Waals surface area contributed by atoms with Crippen molar-refractivity contribution in [2.45, 2.75) is 0 Å². The highest BCUT2D eigenvalue weighted by Crippen LogP contribution is 2.38. The number of amides is 2. The van der Waals surface area contributed by atoms with Gasteiger partial charge in [0.25, 0.3) is 11.8 Å². The van der Waals surface area contributed by atoms with E-state index in [0.29, 0.717) is 22.6 Å². The van der Waals surface area contributed by atoms with E-state index in [1.54, 1.807) is 48.7 Å². The molecular formula is C20H15N3O2. The third-order valence-electron chi connectivity index (χ3n) is 4.25. The number of pyridine rings is 1. The Morgan fingerprint density at radius 3 is 2.32 bits per heavy atom. The Kier molecular flexibility index (Phi) is 3.54. The molecule has 2 amide bonds. The van der Waals surface area contributed by atoms with Crippen LogP contribution in [-0.2, 0) is 0 Å². The average Bonchev–Trinajstić information content (AvgIpc) is 2.77. The van der Waals surface area contributed by atoms with E-state index >= 15 is 0 Å². The number of fused-ring (bicyclic) bond motifs is 2. The minimum absolute atomic E-state index is 0.358. The van der Waals surface area contributed by atoms with Gasteiger partial charge in [0.1, 0.15) is 5.82 Å². The summed E-state index contributed by atoms with van der Waals surface area (Å²) in [6.07, 6.45) is 1.64. The standard InChI is InChI=1S/C20H15N3O2/c1-22-16-11-5-6-12-17(16)23(19(24)14-8-3-2-4-9-14)20(25)15-10-7-13-21-18(15)22/h2-13H,1H3.